The smallest absolute Gasteiger partial charge is 0.258 e. The van der Waals surface area contributed by atoms with E-state index in [9.17, 15) is 9.18 Å². The van der Waals surface area contributed by atoms with Crippen molar-refractivity contribution in [3.63, 3.8) is 0 Å². The molecule has 1 aliphatic rings. The van der Waals surface area contributed by atoms with Gasteiger partial charge in [0.1, 0.15) is 0 Å². The summed E-state index contributed by atoms with van der Waals surface area (Å²) in [5.74, 6) is -1.16. The predicted molar refractivity (Wildman–Crippen MR) is 104 cm³/mol. The SMILES string of the molecule is CC1=C(c2ccc(NC(=O)c3ccncc3F)cc2)CN(C(N)=S)CC1. The number of halogens is 1. The first-order valence-electron chi connectivity index (χ1n) is 8.20. The second-order valence-corrected chi connectivity index (χ2v) is 6.57. The Bertz CT molecular complexity index is 879. The molecule has 0 aliphatic carbocycles. The normalized spacial score (nSPS) is 14.3. The van der Waals surface area contributed by atoms with Crippen molar-refractivity contribution in [3.8, 4) is 0 Å². The van der Waals surface area contributed by atoms with Crippen molar-refractivity contribution in [2.24, 2.45) is 5.73 Å². The maximum Gasteiger partial charge on any atom is 0.258 e. The molecule has 26 heavy (non-hydrogen) atoms. The number of carbonyl (C=O) groups excluding carboxylic acids is 1. The number of aromatic nitrogens is 1. The van der Waals surface area contributed by atoms with Gasteiger partial charge >= 0.3 is 0 Å². The van der Waals surface area contributed by atoms with Crippen molar-refractivity contribution in [2.45, 2.75) is 13.3 Å². The van der Waals surface area contributed by atoms with Crippen LogP contribution in [-0.2, 0) is 0 Å². The molecule has 3 N–H and O–H groups in total. The highest BCUT2D eigenvalue weighted by Crippen LogP contribution is 2.27. The summed E-state index contributed by atoms with van der Waals surface area (Å²) in [6.45, 7) is 3.61. The molecule has 0 saturated carbocycles. The largest absolute Gasteiger partial charge is 0.376 e. The minimum Gasteiger partial charge on any atom is -0.376 e. The Morgan fingerprint density at radius 3 is 2.69 bits per heavy atom. The van der Waals surface area contributed by atoms with Gasteiger partial charge in [0.25, 0.3) is 5.91 Å². The number of thiocarbonyl (C=S) groups is 1. The minimum atomic E-state index is -0.651. The van der Waals surface area contributed by atoms with Gasteiger partial charge in [-0.15, -0.1) is 0 Å². The van der Waals surface area contributed by atoms with Crippen LogP contribution in [0.15, 0.2) is 48.3 Å². The van der Waals surface area contributed by atoms with Gasteiger partial charge < -0.3 is 16.0 Å². The Morgan fingerprint density at radius 1 is 1.31 bits per heavy atom. The summed E-state index contributed by atoms with van der Waals surface area (Å²) < 4.78 is 13.6. The standard InChI is InChI=1S/C19H19FN4OS/c1-12-7-9-24(19(21)26)11-16(12)13-2-4-14(5-3-13)23-18(25)15-6-8-22-10-17(15)20/h2-6,8,10H,7,9,11H2,1H3,(H2,21,26)(H,23,25). The van der Waals surface area contributed by atoms with Crippen LogP contribution in [0, 0.1) is 5.82 Å². The number of benzene rings is 1. The molecule has 0 bridgehead atoms. The lowest BCUT2D eigenvalue weighted by Gasteiger charge is -2.30. The van der Waals surface area contributed by atoms with Crippen LogP contribution < -0.4 is 11.1 Å². The number of hydrogen-bond donors (Lipinski definition) is 2. The first-order valence-corrected chi connectivity index (χ1v) is 8.61. The van der Waals surface area contributed by atoms with E-state index in [-0.39, 0.29) is 5.56 Å². The van der Waals surface area contributed by atoms with Gasteiger partial charge in [0.15, 0.2) is 10.9 Å². The molecule has 0 fully saturated rings. The molecule has 0 spiro atoms. The summed E-state index contributed by atoms with van der Waals surface area (Å²) in [5, 5.41) is 3.09. The quantitative estimate of drug-likeness (QED) is 0.812. The Labute approximate surface area is 156 Å². The Morgan fingerprint density at radius 2 is 2.04 bits per heavy atom. The fraction of sp³-hybridized carbons (Fsp3) is 0.211. The number of carbonyl (C=O) groups is 1. The molecule has 0 saturated heterocycles. The van der Waals surface area contributed by atoms with Crippen LogP contribution in [0.5, 0.6) is 0 Å². The first kappa shape index (κ1) is 18.0. The van der Waals surface area contributed by atoms with E-state index in [1.807, 2.05) is 17.0 Å². The average molecular weight is 370 g/mol. The van der Waals surface area contributed by atoms with E-state index in [1.165, 1.54) is 23.4 Å². The molecule has 7 heteroatoms. The Hall–Kier alpha value is -2.80. The summed E-state index contributed by atoms with van der Waals surface area (Å²) in [4.78, 5) is 17.8. The highest BCUT2D eigenvalue weighted by atomic mass is 32.1. The molecule has 0 atom stereocenters. The third-order valence-electron chi connectivity index (χ3n) is 4.44. The van der Waals surface area contributed by atoms with Crippen molar-refractivity contribution < 1.29 is 9.18 Å². The Kier molecular flexibility index (Phi) is 5.27. The van der Waals surface area contributed by atoms with Crippen molar-refractivity contribution >= 4 is 34.5 Å². The average Bonchev–Trinajstić information content (AvgIpc) is 2.63. The van der Waals surface area contributed by atoms with Crippen molar-refractivity contribution in [1.29, 1.82) is 0 Å². The summed E-state index contributed by atoms with van der Waals surface area (Å²) in [6, 6.07) is 8.80. The molecule has 5 nitrogen and oxygen atoms in total. The second-order valence-electron chi connectivity index (χ2n) is 6.16. The van der Waals surface area contributed by atoms with E-state index in [4.69, 9.17) is 18.0 Å². The van der Waals surface area contributed by atoms with Gasteiger partial charge in [-0.25, -0.2) is 4.39 Å². The monoisotopic (exact) mass is 370 g/mol. The van der Waals surface area contributed by atoms with Crippen molar-refractivity contribution in [2.75, 3.05) is 18.4 Å². The van der Waals surface area contributed by atoms with Crippen LogP contribution in [-0.4, -0.2) is 34.0 Å². The number of nitrogens with zero attached hydrogens (tertiary/aromatic N) is 2. The molecule has 2 heterocycles. The number of rotatable bonds is 3. The highest BCUT2D eigenvalue weighted by Gasteiger charge is 2.18. The summed E-state index contributed by atoms with van der Waals surface area (Å²) in [7, 11) is 0. The lowest BCUT2D eigenvalue weighted by molar-refractivity contribution is 0.102. The summed E-state index contributed by atoms with van der Waals surface area (Å²) in [6.07, 6.45) is 3.31. The van der Waals surface area contributed by atoms with Gasteiger partial charge in [0, 0.05) is 25.0 Å². The molecule has 1 amide bonds. The molecule has 1 aromatic carbocycles. The maximum atomic E-state index is 13.6. The zero-order valence-electron chi connectivity index (χ0n) is 14.3. The van der Waals surface area contributed by atoms with Gasteiger partial charge in [-0.1, -0.05) is 17.7 Å². The van der Waals surface area contributed by atoms with E-state index in [0.717, 1.165) is 24.7 Å². The number of hydrogen-bond acceptors (Lipinski definition) is 3. The molecule has 0 radical (unpaired) electrons. The number of amides is 1. The lowest BCUT2D eigenvalue weighted by atomic mass is 9.95. The van der Waals surface area contributed by atoms with E-state index >= 15 is 0 Å². The predicted octanol–water partition coefficient (Wildman–Crippen LogP) is 3.20. The third-order valence-corrected chi connectivity index (χ3v) is 4.70. The van der Waals surface area contributed by atoms with Gasteiger partial charge in [0.05, 0.1) is 11.8 Å². The van der Waals surface area contributed by atoms with Gasteiger partial charge in [-0.05, 0) is 54.9 Å². The molecule has 1 aromatic heterocycles. The molecular formula is C19H19FN4OS. The zero-order valence-corrected chi connectivity index (χ0v) is 15.1. The van der Waals surface area contributed by atoms with Crippen LogP contribution >= 0.6 is 12.2 Å². The number of anilines is 1. The molecule has 1 aliphatic heterocycles. The van der Waals surface area contributed by atoms with E-state index in [0.29, 0.717) is 17.3 Å². The maximum absolute atomic E-state index is 13.6. The highest BCUT2D eigenvalue weighted by molar-refractivity contribution is 7.80. The van der Waals surface area contributed by atoms with Crippen LogP contribution in [0.1, 0.15) is 29.3 Å². The number of nitrogens with one attached hydrogen (secondary N) is 1. The molecular weight excluding hydrogens is 351 g/mol. The van der Waals surface area contributed by atoms with E-state index in [1.54, 1.807) is 12.1 Å². The summed E-state index contributed by atoms with van der Waals surface area (Å²) in [5.41, 5.74) is 9.84. The number of pyridine rings is 1. The van der Waals surface area contributed by atoms with E-state index < -0.39 is 11.7 Å². The fourth-order valence-electron chi connectivity index (χ4n) is 2.90. The van der Waals surface area contributed by atoms with Crippen LogP contribution in [0.2, 0.25) is 0 Å². The minimum absolute atomic E-state index is 0.0398. The van der Waals surface area contributed by atoms with Crippen LogP contribution in [0.3, 0.4) is 0 Å². The van der Waals surface area contributed by atoms with E-state index in [2.05, 4.69) is 17.2 Å². The number of nitrogens with two attached hydrogens (primary N) is 1. The Balaban J connectivity index is 1.75. The van der Waals surface area contributed by atoms with Crippen LogP contribution in [0.25, 0.3) is 5.57 Å². The van der Waals surface area contributed by atoms with Gasteiger partial charge in [-0.3, -0.25) is 9.78 Å². The zero-order chi connectivity index (χ0) is 18.7. The molecule has 2 aromatic rings. The topological polar surface area (TPSA) is 71.2 Å². The fourth-order valence-corrected chi connectivity index (χ4v) is 3.05. The molecule has 0 unspecified atom stereocenters. The van der Waals surface area contributed by atoms with Gasteiger partial charge in [-0.2, -0.15) is 0 Å². The van der Waals surface area contributed by atoms with Crippen molar-refractivity contribution in [1.82, 2.24) is 9.88 Å². The molecule has 134 valence electrons. The lowest BCUT2D eigenvalue weighted by Crippen LogP contribution is -2.39. The van der Waals surface area contributed by atoms with Crippen LogP contribution in [0.4, 0.5) is 10.1 Å². The van der Waals surface area contributed by atoms with Gasteiger partial charge in [0.2, 0.25) is 0 Å². The first-order chi connectivity index (χ1) is 12.5. The van der Waals surface area contributed by atoms with Crippen molar-refractivity contribution in [3.05, 3.63) is 65.2 Å². The third kappa shape index (κ3) is 3.88. The summed E-state index contributed by atoms with van der Waals surface area (Å²) >= 11 is 5.08. The second kappa shape index (κ2) is 7.61. The molecule has 3 rings (SSSR count).